The van der Waals surface area contributed by atoms with Gasteiger partial charge in [-0.2, -0.15) is 5.10 Å². The second-order valence-electron chi connectivity index (χ2n) is 6.56. The maximum atomic E-state index is 13.2. The number of carbonyl (C=O) groups is 1. The van der Waals surface area contributed by atoms with Crippen LogP contribution < -0.4 is 4.90 Å². The molecule has 0 radical (unpaired) electrons. The van der Waals surface area contributed by atoms with Crippen molar-refractivity contribution in [3.05, 3.63) is 54.4 Å². The van der Waals surface area contributed by atoms with Crippen LogP contribution in [0.3, 0.4) is 0 Å². The van der Waals surface area contributed by atoms with Crippen molar-refractivity contribution in [2.75, 3.05) is 31.1 Å². The topological polar surface area (TPSA) is 54.3 Å². The molecule has 0 spiro atoms. The Morgan fingerprint density at radius 2 is 1.96 bits per heavy atom. The van der Waals surface area contributed by atoms with Gasteiger partial charge in [-0.15, -0.1) is 5.10 Å². The molecule has 0 saturated carbocycles. The molecule has 1 aliphatic rings. The molecule has 1 amide bonds. The van der Waals surface area contributed by atoms with Gasteiger partial charge in [0.1, 0.15) is 0 Å². The number of amides is 1. The van der Waals surface area contributed by atoms with Crippen LogP contribution in [0.5, 0.6) is 0 Å². The fraction of sp³-hybridized carbons (Fsp3) is 0.350. The van der Waals surface area contributed by atoms with E-state index in [1.54, 1.807) is 6.20 Å². The Hall–Kier alpha value is -2.89. The fourth-order valence-corrected chi connectivity index (χ4v) is 3.66. The van der Waals surface area contributed by atoms with Gasteiger partial charge in [-0.05, 0) is 31.5 Å². The Morgan fingerprint density at radius 3 is 2.77 bits per heavy atom. The van der Waals surface area contributed by atoms with Gasteiger partial charge in [0.2, 0.25) is 0 Å². The molecule has 2 aromatic heterocycles. The van der Waals surface area contributed by atoms with E-state index >= 15 is 0 Å². The Balaban J connectivity index is 1.56. The molecule has 134 valence electrons. The number of aryl methyl sites for hydroxylation is 1. The predicted molar refractivity (Wildman–Crippen MR) is 102 cm³/mol. The summed E-state index contributed by atoms with van der Waals surface area (Å²) < 4.78 is 2.15. The van der Waals surface area contributed by atoms with Crippen LogP contribution in [0.2, 0.25) is 0 Å². The summed E-state index contributed by atoms with van der Waals surface area (Å²) in [6.45, 7) is 6.08. The third-order valence-corrected chi connectivity index (χ3v) is 5.03. The molecule has 1 aliphatic heterocycles. The van der Waals surface area contributed by atoms with Gasteiger partial charge in [-0.25, -0.2) is 0 Å². The van der Waals surface area contributed by atoms with Crippen LogP contribution >= 0.6 is 0 Å². The zero-order chi connectivity index (χ0) is 17.9. The summed E-state index contributed by atoms with van der Waals surface area (Å²) in [6, 6.07) is 12.0. The number of aromatic nitrogens is 3. The standard InChI is InChI=1S/C20H23N5O/c1-2-23-15-17(16-7-3-4-8-18(16)23)20(26)25-12-6-11-24(13-14-25)19-9-5-10-21-22-19/h3-5,7-10,15H,2,6,11-14H2,1H3. The first-order valence-electron chi connectivity index (χ1n) is 9.17. The molecule has 1 fully saturated rings. The average molecular weight is 349 g/mol. The number of fused-ring (bicyclic) bond motifs is 1. The lowest BCUT2D eigenvalue weighted by Crippen LogP contribution is -2.35. The zero-order valence-electron chi connectivity index (χ0n) is 15.0. The lowest BCUT2D eigenvalue weighted by atomic mass is 10.1. The average Bonchev–Trinajstić information content (AvgIpc) is 2.89. The largest absolute Gasteiger partial charge is 0.353 e. The van der Waals surface area contributed by atoms with Crippen LogP contribution in [-0.4, -0.2) is 51.8 Å². The normalized spacial score (nSPS) is 15.3. The van der Waals surface area contributed by atoms with Gasteiger partial charge in [0, 0.05) is 56.0 Å². The highest BCUT2D eigenvalue weighted by Crippen LogP contribution is 2.23. The van der Waals surface area contributed by atoms with Gasteiger partial charge in [0.15, 0.2) is 5.82 Å². The third kappa shape index (κ3) is 3.03. The maximum Gasteiger partial charge on any atom is 0.256 e. The van der Waals surface area contributed by atoms with E-state index in [0.29, 0.717) is 6.54 Å². The summed E-state index contributed by atoms with van der Waals surface area (Å²) in [5.74, 6) is 0.999. The highest BCUT2D eigenvalue weighted by atomic mass is 16.2. The minimum absolute atomic E-state index is 0.120. The molecular formula is C20H23N5O. The SMILES string of the molecule is CCn1cc(C(=O)N2CCCN(c3cccnn3)CC2)c2ccccc21. The van der Waals surface area contributed by atoms with Crippen molar-refractivity contribution in [1.29, 1.82) is 0 Å². The van der Waals surface area contributed by atoms with Crippen molar-refractivity contribution in [2.45, 2.75) is 19.9 Å². The summed E-state index contributed by atoms with van der Waals surface area (Å²) in [4.78, 5) is 17.4. The second-order valence-corrected chi connectivity index (χ2v) is 6.56. The number of benzene rings is 1. The van der Waals surface area contributed by atoms with Gasteiger partial charge in [-0.1, -0.05) is 18.2 Å². The smallest absolute Gasteiger partial charge is 0.256 e. The van der Waals surface area contributed by atoms with E-state index in [4.69, 9.17) is 0 Å². The fourth-order valence-electron chi connectivity index (χ4n) is 3.66. The van der Waals surface area contributed by atoms with E-state index in [1.807, 2.05) is 41.4 Å². The second kappa shape index (κ2) is 7.15. The van der Waals surface area contributed by atoms with Crippen LogP contribution in [0.25, 0.3) is 10.9 Å². The number of hydrogen-bond donors (Lipinski definition) is 0. The first kappa shape index (κ1) is 16.6. The Kier molecular flexibility index (Phi) is 4.56. The lowest BCUT2D eigenvalue weighted by Gasteiger charge is -2.22. The van der Waals surface area contributed by atoms with Crippen LogP contribution in [0, 0.1) is 0 Å². The van der Waals surface area contributed by atoms with Crippen LogP contribution in [0.1, 0.15) is 23.7 Å². The summed E-state index contributed by atoms with van der Waals surface area (Å²) in [7, 11) is 0. The van der Waals surface area contributed by atoms with E-state index in [1.165, 1.54) is 0 Å². The minimum atomic E-state index is 0.120. The number of nitrogens with zero attached hydrogens (tertiary/aromatic N) is 5. The zero-order valence-corrected chi connectivity index (χ0v) is 15.0. The molecule has 6 heteroatoms. The van der Waals surface area contributed by atoms with Gasteiger partial charge in [0.25, 0.3) is 5.91 Å². The summed E-state index contributed by atoms with van der Waals surface area (Å²) in [5.41, 5.74) is 1.92. The highest BCUT2D eigenvalue weighted by molar-refractivity contribution is 6.07. The molecule has 1 saturated heterocycles. The van der Waals surface area contributed by atoms with E-state index in [-0.39, 0.29) is 5.91 Å². The third-order valence-electron chi connectivity index (χ3n) is 5.03. The first-order valence-corrected chi connectivity index (χ1v) is 9.17. The molecule has 0 bridgehead atoms. The molecule has 0 N–H and O–H groups in total. The number of anilines is 1. The van der Waals surface area contributed by atoms with Gasteiger partial charge >= 0.3 is 0 Å². The predicted octanol–water partition coefficient (Wildman–Crippen LogP) is 2.80. The molecular weight excluding hydrogens is 326 g/mol. The summed E-state index contributed by atoms with van der Waals surface area (Å²) in [5, 5.41) is 9.20. The molecule has 0 aliphatic carbocycles. The summed E-state index contributed by atoms with van der Waals surface area (Å²) in [6.07, 6.45) is 4.60. The molecule has 0 atom stereocenters. The highest BCUT2D eigenvalue weighted by Gasteiger charge is 2.23. The molecule has 4 rings (SSSR count). The Labute approximate surface area is 153 Å². The number of rotatable bonds is 3. The molecule has 3 aromatic rings. The minimum Gasteiger partial charge on any atom is -0.353 e. The Morgan fingerprint density at radius 1 is 1.08 bits per heavy atom. The maximum absolute atomic E-state index is 13.2. The molecule has 3 heterocycles. The van der Waals surface area contributed by atoms with Crippen LogP contribution in [0.4, 0.5) is 5.82 Å². The number of carbonyl (C=O) groups excluding carboxylic acids is 1. The monoisotopic (exact) mass is 349 g/mol. The number of para-hydroxylation sites is 1. The van der Waals surface area contributed by atoms with E-state index in [0.717, 1.165) is 54.9 Å². The van der Waals surface area contributed by atoms with E-state index < -0.39 is 0 Å². The molecule has 6 nitrogen and oxygen atoms in total. The van der Waals surface area contributed by atoms with Crippen molar-refractivity contribution in [1.82, 2.24) is 19.7 Å². The molecule has 1 aromatic carbocycles. The summed E-state index contributed by atoms with van der Waals surface area (Å²) >= 11 is 0. The van der Waals surface area contributed by atoms with Gasteiger partial charge in [0.05, 0.1) is 5.56 Å². The van der Waals surface area contributed by atoms with Crippen molar-refractivity contribution in [2.24, 2.45) is 0 Å². The van der Waals surface area contributed by atoms with Gasteiger partial charge in [-0.3, -0.25) is 4.79 Å². The quantitative estimate of drug-likeness (QED) is 0.730. The number of hydrogen-bond acceptors (Lipinski definition) is 4. The van der Waals surface area contributed by atoms with Gasteiger partial charge < -0.3 is 14.4 Å². The van der Waals surface area contributed by atoms with Crippen molar-refractivity contribution in [3.63, 3.8) is 0 Å². The Bertz CT molecular complexity index is 905. The van der Waals surface area contributed by atoms with E-state index in [2.05, 4.69) is 32.7 Å². The molecule has 0 unspecified atom stereocenters. The van der Waals surface area contributed by atoms with Crippen molar-refractivity contribution >= 4 is 22.6 Å². The van der Waals surface area contributed by atoms with Crippen molar-refractivity contribution in [3.8, 4) is 0 Å². The first-order chi connectivity index (χ1) is 12.8. The van der Waals surface area contributed by atoms with Crippen molar-refractivity contribution < 1.29 is 4.79 Å². The van der Waals surface area contributed by atoms with E-state index in [9.17, 15) is 4.79 Å². The van der Waals surface area contributed by atoms with Crippen LogP contribution in [0.15, 0.2) is 48.8 Å². The lowest BCUT2D eigenvalue weighted by molar-refractivity contribution is 0.0768. The molecule has 26 heavy (non-hydrogen) atoms. The van der Waals surface area contributed by atoms with Crippen LogP contribution in [-0.2, 0) is 6.54 Å².